The van der Waals surface area contributed by atoms with Gasteiger partial charge in [0.2, 0.25) is 0 Å². The van der Waals surface area contributed by atoms with Crippen molar-refractivity contribution in [2.45, 2.75) is 12.5 Å². The molecule has 0 N–H and O–H groups in total. The minimum Gasteiger partial charge on any atom is -0.461 e. The van der Waals surface area contributed by atoms with Crippen LogP contribution in [0.3, 0.4) is 0 Å². The molecule has 0 aliphatic carbocycles. The van der Waals surface area contributed by atoms with Crippen LogP contribution in [0.2, 0.25) is 0 Å². The molecule has 0 saturated carbocycles. The van der Waals surface area contributed by atoms with Crippen LogP contribution in [0.4, 0.5) is 8.78 Å². The quantitative estimate of drug-likeness (QED) is 0.526. The van der Waals surface area contributed by atoms with Crippen molar-refractivity contribution in [3.63, 3.8) is 0 Å². The highest BCUT2D eigenvalue weighted by Gasteiger charge is 2.32. The summed E-state index contributed by atoms with van der Waals surface area (Å²) in [5.41, 5.74) is 1.58. The average Bonchev–Trinajstić information content (AvgIpc) is 3.47. The van der Waals surface area contributed by atoms with E-state index in [1.807, 2.05) is 22.8 Å². The van der Waals surface area contributed by atoms with Crippen LogP contribution in [0, 0.1) is 11.6 Å². The molecule has 5 rings (SSSR count). The minimum atomic E-state index is -1.03. The van der Waals surface area contributed by atoms with E-state index < -0.39 is 11.6 Å². The number of imidazole rings is 1. The van der Waals surface area contributed by atoms with Gasteiger partial charge < -0.3 is 13.9 Å². The van der Waals surface area contributed by atoms with Gasteiger partial charge in [-0.2, -0.15) is 0 Å². The number of rotatable bonds is 3. The van der Waals surface area contributed by atoms with Crippen LogP contribution in [0.15, 0.2) is 59.3 Å². The highest BCUT2D eigenvalue weighted by atomic mass is 19.2. The van der Waals surface area contributed by atoms with Gasteiger partial charge in [0.25, 0.3) is 5.91 Å². The second-order valence-corrected chi connectivity index (χ2v) is 6.95. The number of pyridine rings is 1. The molecule has 1 aliphatic rings. The van der Waals surface area contributed by atoms with E-state index in [-0.39, 0.29) is 17.5 Å². The fourth-order valence-corrected chi connectivity index (χ4v) is 3.80. The number of hydrogen-bond acceptors (Lipinski definition) is 4. The van der Waals surface area contributed by atoms with Crippen LogP contribution in [0.5, 0.6) is 0 Å². The standard InChI is InChI=1S/C21H16F2N4O2/c22-15-6-5-13(11-16(15)23)21(28)26-9-7-14(12-26)27-19-17(3-1-8-24-19)25-20(27)18-4-2-10-29-18/h1-6,8,10-11,14H,7,9,12H2/t14-/m0/s1. The maximum Gasteiger partial charge on any atom is 0.254 e. The van der Waals surface area contributed by atoms with Crippen molar-refractivity contribution in [2.24, 2.45) is 0 Å². The summed E-state index contributed by atoms with van der Waals surface area (Å²) in [6, 6.07) is 10.5. The van der Waals surface area contributed by atoms with Gasteiger partial charge in [0, 0.05) is 24.8 Å². The minimum absolute atomic E-state index is 0.0655. The molecule has 0 radical (unpaired) electrons. The number of nitrogens with zero attached hydrogens (tertiary/aromatic N) is 4. The van der Waals surface area contributed by atoms with Gasteiger partial charge in [-0.15, -0.1) is 0 Å². The second-order valence-electron chi connectivity index (χ2n) is 6.95. The predicted molar refractivity (Wildman–Crippen MR) is 101 cm³/mol. The summed E-state index contributed by atoms with van der Waals surface area (Å²) in [5.74, 6) is -1.07. The number of benzene rings is 1. The molecule has 0 bridgehead atoms. The Kier molecular flexibility index (Phi) is 4.12. The maximum atomic E-state index is 13.5. The number of halogens is 2. The number of aromatic nitrogens is 3. The molecular formula is C21H16F2N4O2. The predicted octanol–water partition coefficient (Wildman–Crippen LogP) is 4.06. The van der Waals surface area contributed by atoms with Crippen molar-refractivity contribution in [3.8, 4) is 11.6 Å². The number of carbonyl (C=O) groups is 1. The average molecular weight is 394 g/mol. The maximum absolute atomic E-state index is 13.5. The van der Waals surface area contributed by atoms with E-state index >= 15 is 0 Å². The fourth-order valence-electron chi connectivity index (χ4n) is 3.80. The molecule has 1 atom stereocenters. The Morgan fingerprint density at radius 1 is 1.14 bits per heavy atom. The van der Waals surface area contributed by atoms with Crippen molar-refractivity contribution in [2.75, 3.05) is 13.1 Å². The topological polar surface area (TPSA) is 64.2 Å². The monoisotopic (exact) mass is 394 g/mol. The molecule has 146 valence electrons. The molecule has 4 heterocycles. The van der Waals surface area contributed by atoms with Crippen molar-refractivity contribution in [3.05, 3.63) is 72.1 Å². The molecule has 6 nitrogen and oxygen atoms in total. The number of furan rings is 1. The molecular weight excluding hydrogens is 378 g/mol. The van der Waals surface area contributed by atoms with Crippen molar-refractivity contribution in [1.29, 1.82) is 0 Å². The number of carbonyl (C=O) groups excluding carboxylic acids is 1. The van der Waals surface area contributed by atoms with Crippen LogP contribution >= 0.6 is 0 Å². The van der Waals surface area contributed by atoms with E-state index in [0.717, 1.165) is 17.6 Å². The van der Waals surface area contributed by atoms with Crippen LogP contribution in [0.25, 0.3) is 22.7 Å². The Bertz CT molecular complexity index is 1200. The van der Waals surface area contributed by atoms with Gasteiger partial charge in [-0.25, -0.2) is 18.7 Å². The summed E-state index contributed by atoms with van der Waals surface area (Å²) in [7, 11) is 0. The zero-order valence-electron chi connectivity index (χ0n) is 15.3. The molecule has 1 fully saturated rings. The lowest BCUT2D eigenvalue weighted by Crippen LogP contribution is -2.29. The van der Waals surface area contributed by atoms with Gasteiger partial charge in [-0.3, -0.25) is 4.79 Å². The number of amides is 1. The van der Waals surface area contributed by atoms with Gasteiger partial charge >= 0.3 is 0 Å². The van der Waals surface area contributed by atoms with Crippen LogP contribution in [0.1, 0.15) is 22.8 Å². The SMILES string of the molecule is O=C(c1ccc(F)c(F)c1)N1CC[C@H](n2c(-c3ccco3)nc3cccnc32)C1. The number of likely N-dealkylation sites (tertiary alicyclic amines) is 1. The zero-order valence-corrected chi connectivity index (χ0v) is 15.3. The summed E-state index contributed by atoms with van der Waals surface area (Å²) < 4.78 is 34.3. The Hall–Kier alpha value is -3.55. The van der Waals surface area contributed by atoms with Gasteiger partial charge in [-0.05, 0) is 48.9 Å². The zero-order chi connectivity index (χ0) is 20.0. The van der Waals surface area contributed by atoms with E-state index in [1.165, 1.54) is 6.07 Å². The molecule has 0 spiro atoms. The number of hydrogen-bond donors (Lipinski definition) is 0. The Morgan fingerprint density at radius 3 is 2.83 bits per heavy atom. The van der Waals surface area contributed by atoms with Crippen molar-refractivity contribution in [1.82, 2.24) is 19.4 Å². The van der Waals surface area contributed by atoms with Gasteiger partial charge in [0.15, 0.2) is 28.9 Å². The van der Waals surface area contributed by atoms with E-state index in [4.69, 9.17) is 4.42 Å². The van der Waals surface area contributed by atoms with E-state index in [0.29, 0.717) is 36.7 Å². The molecule has 8 heteroatoms. The molecule has 1 saturated heterocycles. The largest absolute Gasteiger partial charge is 0.461 e. The first-order chi connectivity index (χ1) is 14.1. The lowest BCUT2D eigenvalue weighted by molar-refractivity contribution is 0.0787. The molecule has 3 aromatic heterocycles. The van der Waals surface area contributed by atoms with E-state index in [1.54, 1.807) is 23.4 Å². The van der Waals surface area contributed by atoms with Crippen LogP contribution < -0.4 is 0 Å². The molecule has 1 aliphatic heterocycles. The number of fused-ring (bicyclic) bond motifs is 1. The van der Waals surface area contributed by atoms with E-state index in [2.05, 4.69) is 9.97 Å². The summed E-state index contributed by atoms with van der Waals surface area (Å²) in [4.78, 5) is 23.5. The molecule has 1 amide bonds. The fraction of sp³-hybridized carbons (Fsp3) is 0.190. The lowest BCUT2D eigenvalue weighted by Gasteiger charge is -2.18. The third kappa shape index (κ3) is 2.97. The third-order valence-electron chi connectivity index (χ3n) is 5.17. The first kappa shape index (κ1) is 17.5. The molecule has 1 aromatic carbocycles. The first-order valence-electron chi connectivity index (χ1n) is 9.23. The smallest absolute Gasteiger partial charge is 0.254 e. The Labute approximate surface area is 164 Å². The third-order valence-corrected chi connectivity index (χ3v) is 5.17. The Morgan fingerprint density at radius 2 is 2.03 bits per heavy atom. The Balaban J connectivity index is 1.48. The van der Waals surface area contributed by atoms with E-state index in [9.17, 15) is 13.6 Å². The van der Waals surface area contributed by atoms with Crippen LogP contribution in [-0.2, 0) is 0 Å². The molecule has 29 heavy (non-hydrogen) atoms. The summed E-state index contributed by atoms with van der Waals surface area (Å²) in [6.07, 6.45) is 3.97. The van der Waals surface area contributed by atoms with Crippen molar-refractivity contribution < 1.29 is 18.0 Å². The first-order valence-corrected chi connectivity index (χ1v) is 9.23. The highest BCUT2D eigenvalue weighted by molar-refractivity contribution is 5.94. The second kappa shape index (κ2) is 6.80. The van der Waals surface area contributed by atoms with Gasteiger partial charge in [-0.1, -0.05) is 0 Å². The van der Waals surface area contributed by atoms with Gasteiger partial charge in [0.1, 0.15) is 5.52 Å². The molecule has 0 unspecified atom stereocenters. The normalized spacial score (nSPS) is 16.6. The van der Waals surface area contributed by atoms with Crippen LogP contribution in [-0.4, -0.2) is 38.4 Å². The van der Waals surface area contributed by atoms with Crippen molar-refractivity contribution >= 4 is 17.1 Å². The highest BCUT2D eigenvalue weighted by Crippen LogP contribution is 2.32. The molecule has 4 aromatic rings. The van der Waals surface area contributed by atoms with Gasteiger partial charge in [0.05, 0.1) is 12.3 Å². The lowest BCUT2D eigenvalue weighted by atomic mass is 10.2. The summed E-state index contributed by atoms with van der Waals surface area (Å²) in [5, 5.41) is 0. The summed E-state index contributed by atoms with van der Waals surface area (Å²) in [6.45, 7) is 0.903. The summed E-state index contributed by atoms with van der Waals surface area (Å²) >= 11 is 0.